The number of piperazine rings is 1. The van der Waals surface area contributed by atoms with Gasteiger partial charge in [-0.15, -0.1) is 0 Å². The molecule has 1 N–H and O–H groups in total. The molecule has 0 aromatic heterocycles. The highest BCUT2D eigenvalue weighted by molar-refractivity contribution is 6.31. The van der Waals surface area contributed by atoms with Crippen LogP contribution in [-0.4, -0.2) is 29.6 Å². The zero-order chi connectivity index (χ0) is 14.9. The van der Waals surface area contributed by atoms with E-state index in [2.05, 4.69) is 17.1 Å². The van der Waals surface area contributed by atoms with Crippen molar-refractivity contribution in [1.82, 2.24) is 10.2 Å². The average molecular weight is 311 g/mol. The monoisotopic (exact) mass is 310 g/mol. The van der Waals surface area contributed by atoms with Crippen molar-refractivity contribution in [2.24, 2.45) is 0 Å². The molecule has 4 heteroatoms. The van der Waals surface area contributed by atoms with E-state index in [9.17, 15) is 4.39 Å². The van der Waals surface area contributed by atoms with Gasteiger partial charge in [-0.25, -0.2) is 4.39 Å². The Morgan fingerprint density at radius 2 is 2.10 bits per heavy atom. The summed E-state index contributed by atoms with van der Waals surface area (Å²) in [6, 6.07) is 5.27. The van der Waals surface area contributed by atoms with Crippen molar-refractivity contribution < 1.29 is 4.39 Å². The molecule has 1 aliphatic carbocycles. The molecule has 3 rings (SSSR count). The molecule has 2 fully saturated rings. The Morgan fingerprint density at radius 3 is 2.81 bits per heavy atom. The average Bonchev–Trinajstić information content (AvgIpc) is 2.47. The standard InChI is InChI=1S/C17H24ClFN2/c1-13-10-21(11-14-5-6-15(19)9-16(14)18)17(12-20-13)7-3-2-4-8-17/h5-6,9,13,20H,2-4,7-8,10-12H2,1H3. The second-order valence-corrected chi connectivity index (χ2v) is 7.09. The van der Waals surface area contributed by atoms with Gasteiger partial charge in [-0.3, -0.25) is 4.90 Å². The predicted molar refractivity (Wildman–Crippen MR) is 85.1 cm³/mol. The smallest absolute Gasteiger partial charge is 0.124 e. The molecule has 1 atom stereocenters. The molecule has 2 aliphatic rings. The minimum Gasteiger partial charge on any atom is -0.311 e. The van der Waals surface area contributed by atoms with Crippen molar-refractivity contribution >= 4 is 11.6 Å². The SMILES string of the molecule is CC1CN(Cc2ccc(F)cc2Cl)C2(CCCCC2)CN1. The maximum atomic E-state index is 13.2. The van der Waals surface area contributed by atoms with Gasteiger partial charge >= 0.3 is 0 Å². The molecule has 1 aliphatic heterocycles. The summed E-state index contributed by atoms with van der Waals surface area (Å²) in [4.78, 5) is 2.59. The van der Waals surface area contributed by atoms with Gasteiger partial charge in [0.1, 0.15) is 5.82 Å². The molecule has 1 spiro atoms. The van der Waals surface area contributed by atoms with Crippen molar-refractivity contribution in [3.8, 4) is 0 Å². The quantitative estimate of drug-likeness (QED) is 0.889. The molecule has 1 aromatic rings. The molecule has 116 valence electrons. The first-order valence-electron chi connectivity index (χ1n) is 8.01. The molecule has 1 aromatic carbocycles. The Morgan fingerprint density at radius 1 is 1.33 bits per heavy atom. The highest BCUT2D eigenvalue weighted by Gasteiger charge is 2.41. The number of halogens is 2. The number of nitrogens with one attached hydrogen (secondary N) is 1. The first-order chi connectivity index (χ1) is 10.1. The third-order valence-corrected chi connectivity index (χ3v) is 5.46. The number of rotatable bonds is 2. The summed E-state index contributed by atoms with van der Waals surface area (Å²) in [6.07, 6.45) is 6.48. The zero-order valence-electron chi connectivity index (χ0n) is 12.7. The largest absolute Gasteiger partial charge is 0.311 e. The lowest BCUT2D eigenvalue weighted by atomic mass is 9.78. The van der Waals surface area contributed by atoms with Crippen LogP contribution in [0, 0.1) is 5.82 Å². The molecule has 2 nitrogen and oxygen atoms in total. The molecule has 1 heterocycles. The Kier molecular flexibility index (Phi) is 4.53. The van der Waals surface area contributed by atoms with E-state index < -0.39 is 0 Å². The molecule has 0 radical (unpaired) electrons. The van der Waals surface area contributed by atoms with Crippen molar-refractivity contribution in [3.63, 3.8) is 0 Å². The van der Waals surface area contributed by atoms with Crippen LogP contribution in [0.3, 0.4) is 0 Å². The Hall–Kier alpha value is -0.640. The van der Waals surface area contributed by atoms with Crippen LogP contribution in [0.2, 0.25) is 5.02 Å². The summed E-state index contributed by atoms with van der Waals surface area (Å²) in [7, 11) is 0. The van der Waals surface area contributed by atoms with E-state index in [1.165, 1.54) is 44.2 Å². The second-order valence-electron chi connectivity index (χ2n) is 6.68. The summed E-state index contributed by atoms with van der Waals surface area (Å²) in [5.74, 6) is -0.259. The van der Waals surface area contributed by atoms with E-state index in [0.29, 0.717) is 11.1 Å². The number of hydrogen-bond donors (Lipinski definition) is 1. The van der Waals surface area contributed by atoms with Crippen LogP contribution < -0.4 is 5.32 Å². The van der Waals surface area contributed by atoms with Gasteiger partial charge in [0.15, 0.2) is 0 Å². The summed E-state index contributed by atoms with van der Waals surface area (Å²) in [5.41, 5.74) is 1.31. The molecule has 0 bridgehead atoms. The summed E-state index contributed by atoms with van der Waals surface area (Å²) in [5, 5.41) is 4.20. The van der Waals surface area contributed by atoms with E-state index in [1.807, 2.05) is 6.07 Å². The van der Waals surface area contributed by atoms with E-state index in [1.54, 1.807) is 0 Å². The van der Waals surface area contributed by atoms with E-state index in [4.69, 9.17) is 11.6 Å². The van der Waals surface area contributed by atoms with Crippen LogP contribution in [0.5, 0.6) is 0 Å². The summed E-state index contributed by atoms with van der Waals surface area (Å²) >= 11 is 6.23. The van der Waals surface area contributed by atoms with Crippen molar-refractivity contribution in [2.45, 2.75) is 57.2 Å². The minimum atomic E-state index is -0.259. The third-order valence-electron chi connectivity index (χ3n) is 5.11. The molecular formula is C17H24ClFN2. The van der Waals surface area contributed by atoms with Crippen LogP contribution in [-0.2, 0) is 6.54 Å². The topological polar surface area (TPSA) is 15.3 Å². The molecule has 0 amide bonds. The lowest BCUT2D eigenvalue weighted by Gasteiger charge is -2.51. The van der Waals surface area contributed by atoms with Crippen molar-refractivity contribution in [2.75, 3.05) is 13.1 Å². The Bertz CT molecular complexity index is 500. The van der Waals surface area contributed by atoms with Gasteiger partial charge in [0.25, 0.3) is 0 Å². The minimum absolute atomic E-state index is 0.259. The summed E-state index contributed by atoms with van der Waals surface area (Å²) in [6.45, 7) is 5.15. The fraction of sp³-hybridized carbons (Fsp3) is 0.647. The maximum Gasteiger partial charge on any atom is 0.124 e. The highest BCUT2D eigenvalue weighted by atomic mass is 35.5. The van der Waals surface area contributed by atoms with Gasteiger partial charge in [-0.1, -0.05) is 36.9 Å². The highest BCUT2D eigenvalue weighted by Crippen LogP contribution is 2.37. The van der Waals surface area contributed by atoms with E-state index in [0.717, 1.165) is 25.2 Å². The first-order valence-corrected chi connectivity index (χ1v) is 8.39. The molecular weight excluding hydrogens is 287 g/mol. The van der Waals surface area contributed by atoms with Gasteiger partial charge in [0, 0.05) is 36.2 Å². The van der Waals surface area contributed by atoms with Crippen LogP contribution in [0.4, 0.5) is 4.39 Å². The number of benzene rings is 1. The molecule has 1 saturated heterocycles. The van der Waals surface area contributed by atoms with Crippen LogP contribution in [0.15, 0.2) is 18.2 Å². The van der Waals surface area contributed by atoms with Crippen LogP contribution >= 0.6 is 11.6 Å². The molecule has 1 unspecified atom stereocenters. The lowest BCUT2D eigenvalue weighted by molar-refractivity contribution is 0.00618. The Labute approximate surface area is 131 Å². The molecule has 21 heavy (non-hydrogen) atoms. The maximum absolute atomic E-state index is 13.2. The van der Waals surface area contributed by atoms with E-state index in [-0.39, 0.29) is 11.4 Å². The normalized spacial score (nSPS) is 26.1. The second kappa shape index (κ2) is 6.23. The lowest BCUT2D eigenvalue weighted by Crippen LogP contribution is -2.64. The van der Waals surface area contributed by atoms with Crippen molar-refractivity contribution in [1.29, 1.82) is 0 Å². The fourth-order valence-corrected chi connectivity index (χ4v) is 4.08. The van der Waals surface area contributed by atoms with Crippen molar-refractivity contribution in [3.05, 3.63) is 34.6 Å². The fourth-order valence-electron chi connectivity index (χ4n) is 3.86. The van der Waals surface area contributed by atoms with E-state index >= 15 is 0 Å². The van der Waals surface area contributed by atoms with Gasteiger partial charge in [-0.05, 0) is 37.5 Å². The summed E-state index contributed by atoms with van der Waals surface area (Å²) < 4.78 is 13.2. The Balaban J connectivity index is 1.82. The first kappa shape index (κ1) is 15.3. The number of hydrogen-bond acceptors (Lipinski definition) is 2. The predicted octanol–water partition coefficient (Wildman–Crippen LogP) is 3.98. The van der Waals surface area contributed by atoms with Gasteiger partial charge in [0.05, 0.1) is 0 Å². The molecule has 1 saturated carbocycles. The zero-order valence-corrected chi connectivity index (χ0v) is 13.4. The third kappa shape index (κ3) is 3.25. The van der Waals surface area contributed by atoms with Crippen LogP contribution in [0.1, 0.15) is 44.6 Å². The van der Waals surface area contributed by atoms with Gasteiger partial charge < -0.3 is 5.32 Å². The van der Waals surface area contributed by atoms with Crippen LogP contribution in [0.25, 0.3) is 0 Å². The van der Waals surface area contributed by atoms with Gasteiger partial charge in [-0.2, -0.15) is 0 Å². The van der Waals surface area contributed by atoms with Gasteiger partial charge in [0.2, 0.25) is 0 Å². The number of nitrogens with zero attached hydrogens (tertiary/aromatic N) is 1.